The first-order valence-electron chi connectivity index (χ1n) is 12.2. The van der Waals surface area contributed by atoms with Crippen molar-refractivity contribution in [2.45, 2.75) is 0 Å². The van der Waals surface area contributed by atoms with E-state index in [1.54, 1.807) is 0 Å². The molecule has 0 aliphatic carbocycles. The van der Waals surface area contributed by atoms with Crippen molar-refractivity contribution in [3.63, 3.8) is 0 Å². The third-order valence-electron chi connectivity index (χ3n) is 6.60. The lowest BCUT2D eigenvalue weighted by molar-refractivity contribution is 1.33. The van der Waals surface area contributed by atoms with E-state index in [9.17, 15) is 0 Å². The summed E-state index contributed by atoms with van der Waals surface area (Å²) in [6, 6.07) is 49.7. The second-order valence-electron chi connectivity index (χ2n) is 8.92. The van der Waals surface area contributed by atoms with Gasteiger partial charge in [0.1, 0.15) is 0 Å². The SMILES string of the molecule is c1ccc(-c2ccc(-c3cc(-c4ccncc4)cc(-c4ccc(-c5ccccc5)cc4)c3)cc2)cc1. The summed E-state index contributed by atoms with van der Waals surface area (Å²) < 4.78 is 0. The molecule has 1 nitrogen and oxygen atoms in total. The molecule has 0 amide bonds. The van der Waals surface area contributed by atoms with Gasteiger partial charge in [0.25, 0.3) is 0 Å². The van der Waals surface area contributed by atoms with Crippen LogP contribution in [0.5, 0.6) is 0 Å². The standard InChI is InChI=1S/C35H25N/c1-3-7-26(8-4-1)28-11-15-30(16-12-28)33-23-34(25-35(24-33)32-19-21-36-22-20-32)31-17-13-29(14-18-31)27-9-5-2-6-10-27/h1-25H. The highest BCUT2D eigenvalue weighted by Crippen LogP contribution is 2.34. The molecule has 0 N–H and O–H groups in total. The van der Waals surface area contributed by atoms with Crippen LogP contribution in [0, 0.1) is 0 Å². The molecular formula is C35H25N. The topological polar surface area (TPSA) is 12.9 Å². The lowest BCUT2D eigenvalue weighted by Gasteiger charge is -2.12. The van der Waals surface area contributed by atoms with Crippen molar-refractivity contribution >= 4 is 0 Å². The number of nitrogens with zero attached hydrogens (tertiary/aromatic N) is 1. The van der Waals surface area contributed by atoms with Crippen LogP contribution in [0.3, 0.4) is 0 Å². The minimum Gasteiger partial charge on any atom is -0.265 e. The van der Waals surface area contributed by atoms with Gasteiger partial charge in [-0.2, -0.15) is 0 Å². The Kier molecular flexibility index (Phi) is 5.96. The van der Waals surface area contributed by atoms with E-state index in [0.29, 0.717) is 0 Å². The van der Waals surface area contributed by atoms with Crippen LogP contribution in [0.25, 0.3) is 55.6 Å². The van der Waals surface area contributed by atoms with Crippen molar-refractivity contribution in [2.24, 2.45) is 0 Å². The number of hydrogen-bond donors (Lipinski definition) is 0. The molecule has 6 aromatic rings. The zero-order valence-electron chi connectivity index (χ0n) is 19.9. The molecule has 0 fully saturated rings. The van der Waals surface area contributed by atoms with E-state index in [-0.39, 0.29) is 0 Å². The van der Waals surface area contributed by atoms with E-state index in [0.717, 1.165) is 5.56 Å². The van der Waals surface area contributed by atoms with Crippen LogP contribution in [-0.2, 0) is 0 Å². The maximum atomic E-state index is 4.21. The normalized spacial score (nSPS) is 10.8. The summed E-state index contributed by atoms with van der Waals surface area (Å²) in [6.07, 6.45) is 3.70. The maximum Gasteiger partial charge on any atom is 0.0273 e. The van der Waals surface area contributed by atoms with Crippen LogP contribution in [0.1, 0.15) is 0 Å². The summed E-state index contributed by atoms with van der Waals surface area (Å²) in [4.78, 5) is 4.21. The molecule has 0 aliphatic rings. The predicted molar refractivity (Wildman–Crippen MR) is 151 cm³/mol. The van der Waals surface area contributed by atoms with Gasteiger partial charge >= 0.3 is 0 Å². The van der Waals surface area contributed by atoms with Crippen molar-refractivity contribution in [1.29, 1.82) is 0 Å². The fourth-order valence-corrected chi connectivity index (χ4v) is 4.64. The minimum atomic E-state index is 1.16. The van der Waals surface area contributed by atoms with Gasteiger partial charge in [0.2, 0.25) is 0 Å². The van der Waals surface area contributed by atoms with Crippen molar-refractivity contribution in [2.75, 3.05) is 0 Å². The molecule has 0 bridgehead atoms. The van der Waals surface area contributed by atoms with Crippen LogP contribution in [-0.4, -0.2) is 4.98 Å². The highest BCUT2D eigenvalue weighted by Gasteiger charge is 2.09. The molecule has 1 heterocycles. The van der Waals surface area contributed by atoms with Crippen LogP contribution in [0.15, 0.2) is 152 Å². The van der Waals surface area contributed by atoms with Gasteiger partial charge < -0.3 is 0 Å². The zero-order chi connectivity index (χ0) is 24.2. The van der Waals surface area contributed by atoms with Gasteiger partial charge in [-0.05, 0) is 86.0 Å². The molecular weight excluding hydrogens is 434 g/mol. The Labute approximate surface area is 212 Å². The third-order valence-corrected chi connectivity index (χ3v) is 6.60. The summed E-state index contributed by atoms with van der Waals surface area (Å²) in [5, 5.41) is 0. The Hall–Kier alpha value is -4.75. The molecule has 6 rings (SSSR count). The zero-order valence-corrected chi connectivity index (χ0v) is 19.9. The van der Waals surface area contributed by atoms with Crippen molar-refractivity contribution in [3.05, 3.63) is 152 Å². The van der Waals surface area contributed by atoms with E-state index in [2.05, 4.69) is 145 Å². The quantitative estimate of drug-likeness (QED) is 0.250. The summed E-state index contributed by atoms with van der Waals surface area (Å²) in [7, 11) is 0. The van der Waals surface area contributed by atoms with Crippen LogP contribution in [0.4, 0.5) is 0 Å². The number of pyridine rings is 1. The second-order valence-corrected chi connectivity index (χ2v) is 8.92. The van der Waals surface area contributed by atoms with Gasteiger partial charge in [-0.25, -0.2) is 0 Å². The monoisotopic (exact) mass is 459 g/mol. The molecule has 0 saturated heterocycles. The summed E-state index contributed by atoms with van der Waals surface area (Å²) in [6.45, 7) is 0. The van der Waals surface area contributed by atoms with E-state index in [1.807, 2.05) is 12.4 Å². The van der Waals surface area contributed by atoms with Gasteiger partial charge in [0.15, 0.2) is 0 Å². The fourth-order valence-electron chi connectivity index (χ4n) is 4.64. The lowest BCUT2D eigenvalue weighted by Crippen LogP contribution is -1.87. The Balaban J connectivity index is 1.41. The van der Waals surface area contributed by atoms with Crippen LogP contribution >= 0.6 is 0 Å². The van der Waals surface area contributed by atoms with E-state index in [4.69, 9.17) is 0 Å². The first kappa shape index (κ1) is 21.8. The Morgan fingerprint density at radius 3 is 0.889 bits per heavy atom. The van der Waals surface area contributed by atoms with E-state index >= 15 is 0 Å². The van der Waals surface area contributed by atoms with Gasteiger partial charge in [-0.3, -0.25) is 4.98 Å². The maximum absolute atomic E-state index is 4.21. The molecule has 0 saturated carbocycles. The van der Waals surface area contributed by atoms with Gasteiger partial charge in [-0.15, -0.1) is 0 Å². The average Bonchev–Trinajstić information content (AvgIpc) is 2.98. The van der Waals surface area contributed by atoms with Crippen molar-refractivity contribution < 1.29 is 0 Å². The molecule has 36 heavy (non-hydrogen) atoms. The molecule has 0 spiro atoms. The number of benzene rings is 5. The lowest BCUT2D eigenvalue weighted by atomic mass is 9.92. The Bertz CT molecular complexity index is 1470. The molecule has 0 radical (unpaired) electrons. The van der Waals surface area contributed by atoms with Gasteiger partial charge in [0, 0.05) is 12.4 Å². The van der Waals surface area contributed by atoms with Crippen LogP contribution < -0.4 is 0 Å². The average molecular weight is 460 g/mol. The molecule has 0 atom stereocenters. The highest BCUT2D eigenvalue weighted by atomic mass is 14.6. The third kappa shape index (κ3) is 4.60. The van der Waals surface area contributed by atoms with Crippen molar-refractivity contribution in [1.82, 2.24) is 4.98 Å². The summed E-state index contributed by atoms with van der Waals surface area (Å²) in [5.74, 6) is 0. The predicted octanol–water partition coefficient (Wildman–Crippen LogP) is 9.42. The number of rotatable bonds is 5. The summed E-state index contributed by atoms with van der Waals surface area (Å²) >= 11 is 0. The molecule has 0 aliphatic heterocycles. The summed E-state index contributed by atoms with van der Waals surface area (Å²) in [5.41, 5.74) is 12.1. The smallest absolute Gasteiger partial charge is 0.0273 e. The first-order valence-corrected chi connectivity index (χ1v) is 12.2. The van der Waals surface area contributed by atoms with Crippen molar-refractivity contribution in [3.8, 4) is 55.6 Å². The highest BCUT2D eigenvalue weighted by molar-refractivity contribution is 5.82. The molecule has 1 aromatic heterocycles. The molecule has 5 aromatic carbocycles. The fraction of sp³-hybridized carbons (Fsp3) is 0. The Morgan fingerprint density at radius 2 is 0.528 bits per heavy atom. The molecule has 1 heteroatoms. The number of aromatic nitrogens is 1. The first-order chi connectivity index (χ1) is 17.8. The van der Waals surface area contributed by atoms with E-state index in [1.165, 1.54) is 50.1 Å². The van der Waals surface area contributed by atoms with E-state index < -0.39 is 0 Å². The molecule has 0 unspecified atom stereocenters. The van der Waals surface area contributed by atoms with Gasteiger partial charge in [0.05, 0.1) is 0 Å². The van der Waals surface area contributed by atoms with Gasteiger partial charge in [-0.1, -0.05) is 109 Å². The number of hydrogen-bond acceptors (Lipinski definition) is 1. The Morgan fingerprint density at radius 1 is 0.250 bits per heavy atom. The van der Waals surface area contributed by atoms with Crippen LogP contribution in [0.2, 0.25) is 0 Å². The second kappa shape index (κ2) is 9.85. The minimum absolute atomic E-state index is 1.16. The molecule has 170 valence electrons. The largest absolute Gasteiger partial charge is 0.265 e.